The number of nitrogens with one attached hydrogen (secondary N) is 2. The number of amides is 1. The molecule has 0 atom stereocenters. The number of ether oxygens (including phenoxy) is 3. The Labute approximate surface area is 167 Å². The maximum absolute atomic E-state index is 11.5. The van der Waals surface area contributed by atoms with Crippen LogP contribution < -0.4 is 14.8 Å². The molecular formula is C21H21N3O5. The minimum Gasteiger partial charge on any atom is -0.497 e. The van der Waals surface area contributed by atoms with E-state index in [4.69, 9.17) is 9.47 Å². The lowest BCUT2D eigenvalue weighted by atomic mass is 10.1. The summed E-state index contributed by atoms with van der Waals surface area (Å²) in [6.07, 6.45) is 1.73. The van der Waals surface area contributed by atoms with Crippen LogP contribution in [0.15, 0.2) is 48.7 Å². The van der Waals surface area contributed by atoms with E-state index in [1.54, 1.807) is 20.4 Å². The first kappa shape index (κ1) is 19.9. The van der Waals surface area contributed by atoms with Crippen molar-refractivity contribution in [1.29, 1.82) is 0 Å². The maximum Gasteiger partial charge on any atom is 0.396 e. The lowest BCUT2D eigenvalue weighted by Gasteiger charge is -2.09. The zero-order chi connectivity index (χ0) is 20.8. The fourth-order valence-electron chi connectivity index (χ4n) is 2.76. The minimum atomic E-state index is -0.919. The third-order valence-electron chi connectivity index (χ3n) is 4.32. The van der Waals surface area contributed by atoms with E-state index in [9.17, 15) is 9.59 Å². The van der Waals surface area contributed by atoms with Gasteiger partial charge in [-0.2, -0.15) is 0 Å². The second-order valence-corrected chi connectivity index (χ2v) is 6.08. The van der Waals surface area contributed by atoms with E-state index in [1.807, 2.05) is 42.5 Å². The molecule has 0 aliphatic rings. The summed E-state index contributed by atoms with van der Waals surface area (Å²) in [5, 5.41) is 2.50. The van der Waals surface area contributed by atoms with Gasteiger partial charge in [-0.05, 0) is 23.8 Å². The molecule has 0 saturated heterocycles. The molecule has 3 aromatic rings. The lowest BCUT2D eigenvalue weighted by molar-refractivity contribution is -0.152. The van der Waals surface area contributed by atoms with Crippen LogP contribution in [0.4, 0.5) is 0 Å². The largest absolute Gasteiger partial charge is 0.497 e. The number of H-pyrrole nitrogens is 1. The Morgan fingerprint density at radius 3 is 2.45 bits per heavy atom. The molecule has 0 radical (unpaired) electrons. The van der Waals surface area contributed by atoms with E-state index in [0.29, 0.717) is 11.6 Å². The third-order valence-corrected chi connectivity index (χ3v) is 4.32. The molecular weight excluding hydrogens is 374 g/mol. The Morgan fingerprint density at radius 1 is 1.03 bits per heavy atom. The molecule has 1 heterocycles. The van der Waals surface area contributed by atoms with Crippen molar-refractivity contribution in [1.82, 2.24) is 15.3 Å². The van der Waals surface area contributed by atoms with E-state index in [0.717, 1.165) is 35.2 Å². The first-order valence-electron chi connectivity index (χ1n) is 8.78. The highest BCUT2D eigenvalue weighted by Crippen LogP contribution is 2.33. The standard InChI is InChI=1S/C21H21N3O5/c1-27-15-8-9-18(28-2)16(10-15)17-12-22-19(24-17)14-6-4-13(5-7-14)11-23-20(25)21(26)29-3/h4-10,12H,11H2,1-3H3,(H,22,24)(H,23,25). The average molecular weight is 395 g/mol. The van der Waals surface area contributed by atoms with Crippen molar-refractivity contribution >= 4 is 11.9 Å². The van der Waals surface area contributed by atoms with Gasteiger partial charge in [-0.25, -0.2) is 9.78 Å². The Kier molecular flexibility index (Phi) is 6.13. The Bertz CT molecular complexity index is 1010. The van der Waals surface area contributed by atoms with Crippen molar-refractivity contribution in [2.45, 2.75) is 6.54 Å². The van der Waals surface area contributed by atoms with Gasteiger partial charge < -0.3 is 24.5 Å². The number of hydrogen-bond donors (Lipinski definition) is 2. The normalized spacial score (nSPS) is 10.3. The Balaban J connectivity index is 1.76. The van der Waals surface area contributed by atoms with E-state index in [1.165, 1.54) is 0 Å². The molecule has 2 aromatic carbocycles. The number of carbonyl (C=O) groups excluding carboxylic acids is 2. The number of imidazole rings is 1. The van der Waals surface area contributed by atoms with E-state index in [2.05, 4.69) is 20.0 Å². The molecule has 0 unspecified atom stereocenters. The number of rotatable bonds is 6. The summed E-state index contributed by atoms with van der Waals surface area (Å²) >= 11 is 0. The van der Waals surface area contributed by atoms with Crippen LogP contribution in [0.25, 0.3) is 22.6 Å². The van der Waals surface area contributed by atoms with Gasteiger partial charge in [0.25, 0.3) is 0 Å². The van der Waals surface area contributed by atoms with Crippen LogP contribution in [0, 0.1) is 0 Å². The van der Waals surface area contributed by atoms with Gasteiger partial charge in [0.05, 0.1) is 33.2 Å². The summed E-state index contributed by atoms with van der Waals surface area (Å²) < 4.78 is 15.1. The molecule has 0 fully saturated rings. The number of hydrogen-bond acceptors (Lipinski definition) is 6. The van der Waals surface area contributed by atoms with Crippen molar-refractivity contribution in [3.63, 3.8) is 0 Å². The molecule has 8 heteroatoms. The van der Waals surface area contributed by atoms with Crippen LogP contribution in [-0.4, -0.2) is 43.2 Å². The lowest BCUT2D eigenvalue weighted by Crippen LogP contribution is -2.31. The average Bonchev–Trinajstić information content (AvgIpc) is 3.26. The minimum absolute atomic E-state index is 0.221. The van der Waals surface area contributed by atoms with Crippen molar-refractivity contribution in [2.24, 2.45) is 0 Å². The van der Waals surface area contributed by atoms with E-state index in [-0.39, 0.29) is 6.54 Å². The molecule has 1 aromatic heterocycles. The number of aromatic amines is 1. The number of benzene rings is 2. The monoisotopic (exact) mass is 395 g/mol. The summed E-state index contributed by atoms with van der Waals surface area (Å²) in [5.74, 6) is 0.417. The van der Waals surface area contributed by atoms with Gasteiger partial charge in [0.2, 0.25) is 0 Å². The molecule has 8 nitrogen and oxygen atoms in total. The highest BCUT2D eigenvalue weighted by atomic mass is 16.5. The molecule has 29 heavy (non-hydrogen) atoms. The number of nitrogens with zero attached hydrogens (tertiary/aromatic N) is 1. The zero-order valence-electron chi connectivity index (χ0n) is 16.3. The SMILES string of the molecule is COC(=O)C(=O)NCc1ccc(-c2ncc(-c3cc(OC)ccc3OC)[nH]2)cc1. The number of methoxy groups -OCH3 is 3. The summed E-state index contributed by atoms with van der Waals surface area (Å²) in [6, 6.07) is 13.0. The number of carbonyl (C=O) groups is 2. The van der Waals surface area contributed by atoms with E-state index < -0.39 is 11.9 Å². The summed E-state index contributed by atoms with van der Waals surface area (Å²) in [5.41, 5.74) is 3.35. The molecule has 0 saturated carbocycles. The maximum atomic E-state index is 11.5. The Hall–Kier alpha value is -3.81. The van der Waals surface area contributed by atoms with Crippen molar-refractivity contribution < 1.29 is 23.8 Å². The van der Waals surface area contributed by atoms with Crippen LogP contribution in [-0.2, 0) is 20.9 Å². The van der Waals surface area contributed by atoms with Gasteiger partial charge in [-0.3, -0.25) is 4.79 Å². The predicted molar refractivity (Wildman–Crippen MR) is 106 cm³/mol. The van der Waals surface area contributed by atoms with Gasteiger partial charge in [0.15, 0.2) is 0 Å². The Morgan fingerprint density at radius 2 is 1.79 bits per heavy atom. The second-order valence-electron chi connectivity index (χ2n) is 6.08. The van der Waals surface area contributed by atoms with Gasteiger partial charge in [-0.15, -0.1) is 0 Å². The van der Waals surface area contributed by atoms with Crippen LogP contribution in [0.5, 0.6) is 11.5 Å². The molecule has 0 bridgehead atoms. The van der Waals surface area contributed by atoms with Gasteiger partial charge in [-0.1, -0.05) is 24.3 Å². The molecule has 3 rings (SSSR count). The van der Waals surface area contributed by atoms with Crippen LogP contribution in [0.3, 0.4) is 0 Å². The molecule has 2 N–H and O–H groups in total. The first-order valence-corrected chi connectivity index (χ1v) is 8.78. The first-order chi connectivity index (χ1) is 14.0. The summed E-state index contributed by atoms with van der Waals surface area (Å²) in [4.78, 5) is 30.3. The quantitative estimate of drug-likeness (QED) is 0.491. The van der Waals surface area contributed by atoms with Crippen molar-refractivity contribution in [3.8, 4) is 34.1 Å². The highest BCUT2D eigenvalue weighted by molar-refractivity contribution is 6.32. The third kappa shape index (κ3) is 4.55. The van der Waals surface area contributed by atoms with Crippen molar-refractivity contribution in [2.75, 3.05) is 21.3 Å². The van der Waals surface area contributed by atoms with Gasteiger partial charge >= 0.3 is 11.9 Å². The summed E-state index contributed by atoms with van der Waals surface area (Å²) in [7, 11) is 4.38. The smallest absolute Gasteiger partial charge is 0.396 e. The fraction of sp³-hybridized carbons (Fsp3) is 0.190. The molecule has 1 amide bonds. The topological polar surface area (TPSA) is 103 Å². The zero-order valence-corrected chi connectivity index (χ0v) is 16.3. The highest BCUT2D eigenvalue weighted by Gasteiger charge is 2.13. The fourth-order valence-corrected chi connectivity index (χ4v) is 2.76. The molecule has 150 valence electrons. The van der Waals surface area contributed by atoms with Gasteiger partial charge in [0, 0.05) is 17.7 Å². The van der Waals surface area contributed by atoms with Crippen LogP contribution >= 0.6 is 0 Å². The van der Waals surface area contributed by atoms with Crippen LogP contribution in [0.2, 0.25) is 0 Å². The summed E-state index contributed by atoms with van der Waals surface area (Å²) in [6.45, 7) is 0.221. The molecule has 0 spiro atoms. The number of esters is 1. The van der Waals surface area contributed by atoms with Crippen molar-refractivity contribution in [3.05, 3.63) is 54.2 Å². The molecule has 0 aliphatic heterocycles. The molecule has 0 aliphatic carbocycles. The predicted octanol–water partition coefficient (Wildman–Crippen LogP) is 2.55. The van der Waals surface area contributed by atoms with E-state index >= 15 is 0 Å². The van der Waals surface area contributed by atoms with Gasteiger partial charge in [0.1, 0.15) is 17.3 Å². The van der Waals surface area contributed by atoms with Crippen LogP contribution in [0.1, 0.15) is 5.56 Å². The number of aromatic nitrogens is 2. The second kappa shape index (κ2) is 8.92.